The van der Waals surface area contributed by atoms with E-state index in [-0.39, 0.29) is 5.57 Å². The number of hydrogen-bond donors (Lipinski definition) is 1. The number of halogens is 2. The van der Waals surface area contributed by atoms with E-state index in [1.54, 1.807) is 36.4 Å². The van der Waals surface area contributed by atoms with Gasteiger partial charge in [-0.15, -0.1) is 0 Å². The van der Waals surface area contributed by atoms with Gasteiger partial charge in [-0.25, -0.2) is 0 Å². The van der Waals surface area contributed by atoms with Gasteiger partial charge < -0.3 is 14.8 Å². The number of benzene rings is 2. The second-order valence-corrected chi connectivity index (χ2v) is 5.66. The molecule has 0 heterocycles. The van der Waals surface area contributed by atoms with Crippen LogP contribution < -0.4 is 14.8 Å². The van der Waals surface area contributed by atoms with E-state index in [1.165, 1.54) is 20.3 Å². The van der Waals surface area contributed by atoms with Crippen LogP contribution in [-0.2, 0) is 4.79 Å². The first kappa shape index (κ1) is 18.7. The van der Waals surface area contributed by atoms with Gasteiger partial charge in [0.1, 0.15) is 11.6 Å². The van der Waals surface area contributed by atoms with Gasteiger partial charge in [-0.3, -0.25) is 4.79 Å². The number of carbonyl (C=O) groups is 1. The molecule has 0 spiro atoms. The van der Waals surface area contributed by atoms with E-state index in [4.69, 9.17) is 32.7 Å². The van der Waals surface area contributed by atoms with Gasteiger partial charge in [0.2, 0.25) is 0 Å². The summed E-state index contributed by atoms with van der Waals surface area (Å²) in [6, 6.07) is 11.8. The molecule has 1 amide bonds. The normalized spacial score (nSPS) is 10.8. The molecule has 5 nitrogen and oxygen atoms in total. The lowest BCUT2D eigenvalue weighted by Crippen LogP contribution is -2.13. The maximum absolute atomic E-state index is 12.3. The second-order valence-electron chi connectivity index (χ2n) is 4.84. The SMILES string of the molecule is COc1cc(/C=C(/C#N)C(=O)Nc2ccccc2Cl)cc(Cl)c1OC. The van der Waals surface area contributed by atoms with Gasteiger partial charge in [0.05, 0.1) is 30.0 Å². The minimum absolute atomic E-state index is 0.108. The van der Waals surface area contributed by atoms with Crippen molar-refractivity contribution >= 4 is 40.9 Å². The van der Waals surface area contributed by atoms with Gasteiger partial charge in [0.15, 0.2) is 11.5 Å². The first-order chi connectivity index (χ1) is 12.0. The van der Waals surface area contributed by atoms with Crippen molar-refractivity contribution in [2.45, 2.75) is 0 Å². The summed E-state index contributed by atoms with van der Waals surface area (Å²) in [6.45, 7) is 0. The highest BCUT2D eigenvalue weighted by molar-refractivity contribution is 6.34. The van der Waals surface area contributed by atoms with E-state index in [9.17, 15) is 10.1 Å². The number of hydrogen-bond acceptors (Lipinski definition) is 4. The van der Waals surface area contributed by atoms with Gasteiger partial charge in [-0.1, -0.05) is 35.3 Å². The third-order valence-electron chi connectivity index (χ3n) is 3.25. The molecule has 0 unspecified atom stereocenters. The Morgan fingerprint density at radius 2 is 1.88 bits per heavy atom. The molecule has 25 heavy (non-hydrogen) atoms. The van der Waals surface area contributed by atoms with Crippen molar-refractivity contribution in [3.05, 3.63) is 57.6 Å². The van der Waals surface area contributed by atoms with E-state index >= 15 is 0 Å². The van der Waals surface area contributed by atoms with E-state index in [2.05, 4.69) is 5.32 Å². The molecule has 128 valence electrons. The Morgan fingerprint density at radius 1 is 1.16 bits per heavy atom. The monoisotopic (exact) mass is 376 g/mol. The summed E-state index contributed by atoms with van der Waals surface area (Å²) >= 11 is 12.1. The number of para-hydroxylation sites is 1. The van der Waals surface area contributed by atoms with Crippen molar-refractivity contribution < 1.29 is 14.3 Å². The number of nitrogens with zero attached hydrogens (tertiary/aromatic N) is 1. The van der Waals surface area contributed by atoms with Crippen LogP contribution in [0.25, 0.3) is 6.08 Å². The molecule has 0 radical (unpaired) electrons. The highest BCUT2D eigenvalue weighted by Gasteiger charge is 2.14. The highest BCUT2D eigenvalue weighted by atomic mass is 35.5. The van der Waals surface area contributed by atoms with Crippen molar-refractivity contribution in [2.24, 2.45) is 0 Å². The van der Waals surface area contributed by atoms with Crippen molar-refractivity contribution in [2.75, 3.05) is 19.5 Å². The maximum Gasteiger partial charge on any atom is 0.266 e. The molecule has 0 saturated heterocycles. The zero-order chi connectivity index (χ0) is 18.4. The second kappa shape index (κ2) is 8.43. The van der Waals surface area contributed by atoms with E-state index in [1.807, 2.05) is 6.07 Å². The highest BCUT2D eigenvalue weighted by Crippen LogP contribution is 2.36. The molecular weight excluding hydrogens is 363 g/mol. The number of amides is 1. The van der Waals surface area contributed by atoms with Crippen molar-refractivity contribution in [1.29, 1.82) is 5.26 Å². The Kier molecular flexibility index (Phi) is 6.29. The Hall–Kier alpha value is -2.68. The molecule has 0 atom stereocenters. The van der Waals surface area contributed by atoms with Gasteiger partial charge in [-0.05, 0) is 35.9 Å². The molecule has 0 aromatic heterocycles. The lowest BCUT2D eigenvalue weighted by Gasteiger charge is -2.10. The summed E-state index contributed by atoms with van der Waals surface area (Å²) in [4.78, 5) is 12.3. The molecule has 2 rings (SSSR count). The first-order valence-corrected chi connectivity index (χ1v) is 7.85. The van der Waals surface area contributed by atoms with Gasteiger partial charge in [0.25, 0.3) is 5.91 Å². The molecule has 0 fully saturated rings. The summed E-state index contributed by atoms with van der Waals surface area (Å²) in [5.74, 6) is 0.187. The van der Waals surface area contributed by atoms with Crippen LogP contribution >= 0.6 is 23.2 Å². The fraction of sp³-hybridized carbons (Fsp3) is 0.111. The summed E-state index contributed by atoms with van der Waals surface area (Å²) < 4.78 is 10.4. The zero-order valence-electron chi connectivity index (χ0n) is 13.5. The Balaban J connectivity index is 2.34. The lowest BCUT2D eigenvalue weighted by molar-refractivity contribution is -0.112. The number of carbonyl (C=O) groups excluding carboxylic acids is 1. The van der Waals surface area contributed by atoms with Crippen molar-refractivity contribution in [1.82, 2.24) is 0 Å². The van der Waals surface area contributed by atoms with E-state index in [0.717, 1.165) is 0 Å². The summed E-state index contributed by atoms with van der Waals surface area (Å²) in [7, 11) is 2.94. The standard InChI is InChI=1S/C18H14Cl2N2O3/c1-24-16-9-11(8-14(20)17(16)25-2)7-12(10-21)18(23)22-15-6-4-3-5-13(15)19/h3-9H,1-2H3,(H,22,23)/b12-7-. The third-order valence-corrected chi connectivity index (χ3v) is 3.86. The molecule has 7 heteroatoms. The van der Waals surface area contributed by atoms with Crippen molar-refractivity contribution in [3.63, 3.8) is 0 Å². The van der Waals surface area contributed by atoms with Crippen LogP contribution in [0.2, 0.25) is 10.0 Å². The Bertz CT molecular complexity index is 873. The Morgan fingerprint density at radius 3 is 2.48 bits per heavy atom. The van der Waals surface area contributed by atoms with Crippen LogP contribution in [0.5, 0.6) is 11.5 Å². The molecule has 0 saturated carbocycles. The molecule has 1 N–H and O–H groups in total. The summed E-state index contributed by atoms with van der Waals surface area (Å²) in [6.07, 6.45) is 1.40. The average Bonchev–Trinajstić information content (AvgIpc) is 2.60. The van der Waals surface area contributed by atoms with E-state index < -0.39 is 5.91 Å². The van der Waals surface area contributed by atoms with Crippen LogP contribution in [0.1, 0.15) is 5.56 Å². The molecule has 2 aromatic rings. The number of rotatable bonds is 5. The third kappa shape index (κ3) is 4.44. The lowest BCUT2D eigenvalue weighted by atomic mass is 10.1. The molecular formula is C18H14Cl2N2O3. The van der Waals surface area contributed by atoms with Crippen molar-refractivity contribution in [3.8, 4) is 17.6 Å². The summed E-state index contributed by atoms with van der Waals surface area (Å²) in [5.41, 5.74) is 0.831. The molecule has 2 aromatic carbocycles. The van der Waals surface area contributed by atoms with Crippen LogP contribution in [0.3, 0.4) is 0 Å². The predicted octanol–water partition coefficient (Wildman–Crippen LogP) is 4.56. The zero-order valence-corrected chi connectivity index (χ0v) is 15.0. The van der Waals surface area contributed by atoms with E-state index in [0.29, 0.717) is 32.8 Å². The first-order valence-electron chi connectivity index (χ1n) is 7.09. The molecule has 0 aliphatic heterocycles. The summed E-state index contributed by atoms with van der Waals surface area (Å²) in [5, 5.41) is 12.6. The topological polar surface area (TPSA) is 71.3 Å². The quantitative estimate of drug-likeness (QED) is 0.613. The van der Waals surface area contributed by atoms with Crippen LogP contribution in [0.15, 0.2) is 42.0 Å². The molecule has 0 aliphatic rings. The maximum atomic E-state index is 12.3. The van der Waals surface area contributed by atoms with Crippen LogP contribution in [0.4, 0.5) is 5.69 Å². The van der Waals surface area contributed by atoms with Gasteiger partial charge in [0, 0.05) is 0 Å². The van der Waals surface area contributed by atoms with Gasteiger partial charge >= 0.3 is 0 Å². The number of nitriles is 1. The largest absolute Gasteiger partial charge is 0.493 e. The average molecular weight is 377 g/mol. The molecule has 0 bridgehead atoms. The van der Waals surface area contributed by atoms with Gasteiger partial charge in [-0.2, -0.15) is 5.26 Å². The predicted molar refractivity (Wildman–Crippen MR) is 98.2 cm³/mol. The van der Waals surface area contributed by atoms with Crippen LogP contribution in [-0.4, -0.2) is 20.1 Å². The number of anilines is 1. The fourth-order valence-electron chi connectivity index (χ4n) is 2.09. The minimum Gasteiger partial charge on any atom is -0.493 e. The molecule has 0 aliphatic carbocycles. The fourth-order valence-corrected chi connectivity index (χ4v) is 2.57. The minimum atomic E-state index is -0.582. The smallest absolute Gasteiger partial charge is 0.266 e. The van der Waals surface area contributed by atoms with Crippen LogP contribution in [0, 0.1) is 11.3 Å². The number of ether oxygens (including phenoxy) is 2. The Labute approximate surface area is 155 Å². The number of methoxy groups -OCH3 is 2. The number of nitrogens with one attached hydrogen (secondary N) is 1.